The molecule has 0 aromatic heterocycles. The number of nitrogens with one attached hydrogen (secondary N) is 1. The Morgan fingerprint density at radius 1 is 1.21 bits per heavy atom. The van der Waals surface area contributed by atoms with Gasteiger partial charge in [0.1, 0.15) is 0 Å². The number of aliphatic carboxylic acids is 1. The number of halogens is 2. The molecule has 0 fully saturated rings. The molecule has 2 aromatic carbocycles. The first-order valence-electron chi connectivity index (χ1n) is 7.37. The fourth-order valence-corrected chi connectivity index (χ4v) is 2.78. The quantitative estimate of drug-likeness (QED) is 0.795. The highest BCUT2D eigenvalue weighted by Gasteiger charge is 2.20. The molecule has 1 atom stereocenters. The Balaban J connectivity index is 2.17. The Bertz CT molecular complexity index is 746. The molecule has 0 aliphatic carbocycles. The van der Waals surface area contributed by atoms with Gasteiger partial charge in [0, 0.05) is 27.1 Å². The van der Waals surface area contributed by atoms with Crippen molar-refractivity contribution in [2.45, 2.75) is 19.8 Å². The van der Waals surface area contributed by atoms with Crippen LogP contribution in [0.2, 0.25) is 5.02 Å². The lowest BCUT2D eigenvalue weighted by Gasteiger charge is -2.18. The number of hydrogen-bond donors (Lipinski definition) is 1. The Morgan fingerprint density at radius 2 is 1.88 bits per heavy atom. The van der Waals surface area contributed by atoms with Crippen LogP contribution in [-0.2, 0) is 16.0 Å². The Kier molecular flexibility index (Phi) is 6.40. The van der Waals surface area contributed by atoms with E-state index in [0.717, 1.165) is 15.6 Å². The summed E-state index contributed by atoms with van der Waals surface area (Å²) in [7, 11) is 0. The number of amides is 1. The highest BCUT2D eigenvalue weighted by atomic mass is 79.9. The average molecular weight is 410 g/mol. The molecular weight excluding hydrogens is 394 g/mol. The molecule has 0 spiro atoms. The maximum atomic E-state index is 12.5. The van der Waals surface area contributed by atoms with Gasteiger partial charge in [-0.15, -0.1) is 0 Å². The minimum absolute atomic E-state index is 0.312. The minimum Gasteiger partial charge on any atom is -0.550 e. The fraction of sp³-hybridized carbons (Fsp3) is 0.222. The van der Waals surface area contributed by atoms with E-state index in [4.69, 9.17) is 11.6 Å². The summed E-state index contributed by atoms with van der Waals surface area (Å²) in [5, 5.41) is 14.3. The Hall–Kier alpha value is -1.85. The predicted octanol–water partition coefficient (Wildman–Crippen LogP) is 3.35. The van der Waals surface area contributed by atoms with Crippen molar-refractivity contribution in [3.8, 4) is 0 Å². The molecule has 0 aliphatic heterocycles. The Morgan fingerprint density at radius 3 is 2.50 bits per heavy atom. The van der Waals surface area contributed by atoms with Gasteiger partial charge in [-0.2, -0.15) is 0 Å². The highest BCUT2D eigenvalue weighted by molar-refractivity contribution is 9.10. The summed E-state index contributed by atoms with van der Waals surface area (Å²) in [5.41, 5.74) is 2.19. The summed E-state index contributed by atoms with van der Waals surface area (Å²) in [6, 6.07) is 12.6. The second kappa shape index (κ2) is 8.31. The largest absolute Gasteiger partial charge is 0.550 e. The van der Waals surface area contributed by atoms with Gasteiger partial charge in [0.15, 0.2) is 0 Å². The average Bonchev–Trinajstić information content (AvgIpc) is 2.53. The van der Waals surface area contributed by atoms with Crippen molar-refractivity contribution >= 4 is 45.1 Å². The smallest absolute Gasteiger partial charge is 0.228 e. The number of anilines is 1. The standard InChI is InChI=1S/C18H17BrClNO3/c1-11-15(20)3-2-4-16(11)21-18(24)13(10-17(22)23)9-12-5-7-14(19)8-6-12/h2-8,13H,9-10H2,1H3,(H,21,24)(H,22,23)/p-1/t13-/m1/s1. The summed E-state index contributed by atoms with van der Waals surface area (Å²) in [5.74, 6) is -2.35. The van der Waals surface area contributed by atoms with Crippen molar-refractivity contribution in [3.63, 3.8) is 0 Å². The van der Waals surface area contributed by atoms with Gasteiger partial charge < -0.3 is 15.2 Å². The van der Waals surface area contributed by atoms with Crippen LogP contribution in [0.25, 0.3) is 0 Å². The number of carboxylic acid groups (broad SMARTS) is 1. The summed E-state index contributed by atoms with van der Waals surface area (Å²) >= 11 is 9.39. The van der Waals surface area contributed by atoms with Crippen LogP contribution in [0.3, 0.4) is 0 Å². The molecule has 2 rings (SSSR count). The number of carbonyl (C=O) groups is 2. The van der Waals surface area contributed by atoms with Crippen LogP contribution in [0.5, 0.6) is 0 Å². The minimum atomic E-state index is -1.25. The molecule has 0 unspecified atom stereocenters. The van der Waals surface area contributed by atoms with E-state index in [0.29, 0.717) is 17.1 Å². The molecule has 2 aromatic rings. The second-order valence-electron chi connectivity index (χ2n) is 5.51. The van der Waals surface area contributed by atoms with Gasteiger partial charge >= 0.3 is 0 Å². The van der Waals surface area contributed by atoms with Crippen molar-refractivity contribution in [1.82, 2.24) is 0 Å². The normalized spacial score (nSPS) is 11.8. The third-order valence-electron chi connectivity index (χ3n) is 3.70. The lowest BCUT2D eigenvalue weighted by atomic mass is 9.95. The molecular formula is C18H16BrClNO3-. The number of benzene rings is 2. The topological polar surface area (TPSA) is 69.2 Å². The van der Waals surface area contributed by atoms with E-state index in [1.54, 1.807) is 25.1 Å². The van der Waals surface area contributed by atoms with Crippen molar-refractivity contribution in [2.24, 2.45) is 5.92 Å². The predicted molar refractivity (Wildman–Crippen MR) is 95.8 cm³/mol. The SMILES string of the molecule is Cc1c(Cl)cccc1NC(=O)[C@@H](CC(=O)[O-])Cc1ccc(Br)cc1. The van der Waals surface area contributed by atoms with Gasteiger partial charge in [-0.25, -0.2) is 0 Å². The first kappa shape index (κ1) is 18.5. The lowest BCUT2D eigenvalue weighted by Crippen LogP contribution is -2.32. The molecule has 0 heterocycles. The van der Waals surface area contributed by atoms with Crippen LogP contribution in [0.1, 0.15) is 17.5 Å². The van der Waals surface area contributed by atoms with Crippen LogP contribution in [0.15, 0.2) is 46.9 Å². The number of carboxylic acids is 1. The number of carbonyl (C=O) groups excluding carboxylic acids is 2. The van der Waals surface area contributed by atoms with E-state index >= 15 is 0 Å². The van der Waals surface area contributed by atoms with Gasteiger partial charge in [-0.3, -0.25) is 4.79 Å². The van der Waals surface area contributed by atoms with Gasteiger partial charge in [0.05, 0.1) is 0 Å². The zero-order valence-electron chi connectivity index (χ0n) is 13.0. The van der Waals surface area contributed by atoms with E-state index in [9.17, 15) is 14.7 Å². The van der Waals surface area contributed by atoms with E-state index in [-0.39, 0.29) is 12.3 Å². The first-order valence-corrected chi connectivity index (χ1v) is 8.54. The zero-order valence-corrected chi connectivity index (χ0v) is 15.4. The van der Waals surface area contributed by atoms with E-state index in [2.05, 4.69) is 21.2 Å². The fourth-order valence-electron chi connectivity index (χ4n) is 2.34. The molecule has 1 amide bonds. The summed E-state index contributed by atoms with van der Waals surface area (Å²) in [6.45, 7) is 1.79. The van der Waals surface area contributed by atoms with E-state index in [1.807, 2.05) is 24.3 Å². The molecule has 0 bridgehead atoms. The first-order chi connectivity index (χ1) is 11.4. The molecule has 24 heavy (non-hydrogen) atoms. The van der Waals surface area contributed by atoms with Crippen LogP contribution in [0, 0.1) is 12.8 Å². The van der Waals surface area contributed by atoms with Crippen molar-refractivity contribution in [3.05, 3.63) is 63.1 Å². The third kappa shape index (κ3) is 5.08. The van der Waals surface area contributed by atoms with Gasteiger partial charge in [0.2, 0.25) is 5.91 Å². The molecule has 1 N–H and O–H groups in total. The second-order valence-corrected chi connectivity index (χ2v) is 6.83. The number of hydrogen-bond acceptors (Lipinski definition) is 3. The molecule has 0 saturated heterocycles. The summed E-state index contributed by atoms with van der Waals surface area (Å²) < 4.78 is 0.918. The molecule has 4 nitrogen and oxygen atoms in total. The van der Waals surface area contributed by atoms with Gasteiger partial charge in [-0.05, 0) is 55.2 Å². The van der Waals surface area contributed by atoms with Crippen LogP contribution >= 0.6 is 27.5 Å². The van der Waals surface area contributed by atoms with Crippen molar-refractivity contribution in [1.29, 1.82) is 0 Å². The maximum Gasteiger partial charge on any atom is 0.228 e. The zero-order chi connectivity index (χ0) is 17.7. The third-order valence-corrected chi connectivity index (χ3v) is 4.64. The summed E-state index contributed by atoms with van der Waals surface area (Å²) in [6.07, 6.45) is -0.0335. The summed E-state index contributed by atoms with van der Waals surface area (Å²) in [4.78, 5) is 23.5. The molecule has 6 heteroatoms. The van der Waals surface area contributed by atoms with Gasteiger partial charge in [0.25, 0.3) is 0 Å². The molecule has 126 valence electrons. The van der Waals surface area contributed by atoms with Crippen LogP contribution in [0.4, 0.5) is 5.69 Å². The van der Waals surface area contributed by atoms with Crippen molar-refractivity contribution in [2.75, 3.05) is 5.32 Å². The number of rotatable bonds is 6. The van der Waals surface area contributed by atoms with Crippen LogP contribution < -0.4 is 10.4 Å². The molecule has 0 radical (unpaired) electrons. The van der Waals surface area contributed by atoms with E-state index < -0.39 is 11.9 Å². The Labute approximate surface area is 154 Å². The molecule has 0 saturated carbocycles. The van der Waals surface area contributed by atoms with Crippen LogP contribution in [-0.4, -0.2) is 11.9 Å². The lowest BCUT2D eigenvalue weighted by molar-refractivity contribution is -0.306. The van der Waals surface area contributed by atoms with Crippen molar-refractivity contribution < 1.29 is 14.7 Å². The monoisotopic (exact) mass is 408 g/mol. The highest BCUT2D eigenvalue weighted by Crippen LogP contribution is 2.24. The maximum absolute atomic E-state index is 12.5. The van der Waals surface area contributed by atoms with Gasteiger partial charge in [-0.1, -0.05) is 45.7 Å². The van der Waals surface area contributed by atoms with E-state index in [1.165, 1.54) is 0 Å². The molecule has 0 aliphatic rings.